The minimum absolute atomic E-state index is 0.0214. The Morgan fingerprint density at radius 3 is 2.73 bits per heavy atom. The lowest BCUT2D eigenvalue weighted by atomic mass is 9.56. The first-order valence-corrected chi connectivity index (χ1v) is 10.7. The van der Waals surface area contributed by atoms with Crippen molar-refractivity contribution in [2.45, 2.75) is 57.5 Å². The quantitative estimate of drug-likeness (QED) is 0.733. The molecule has 2 aliphatic carbocycles. The highest BCUT2D eigenvalue weighted by Crippen LogP contribution is 2.73. The summed E-state index contributed by atoms with van der Waals surface area (Å²) in [4.78, 5) is 11.0. The molecular weight excluding hydrogens is 380 g/mol. The maximum atomic E-state index is 11.0. The predicted molar refractivity (Wildman–Crippen MR) is 113 cm³/mol. The second-order valence-electron chi connectivity index (χ2n) is 9.75. The zero-order valence-corrected chi connectivity index (χ0v) is 17.7. The van der Waals surface area contributed by atoms with E-state index in [1.807, 2.05) is 0 Å². The van der Waals surface area contributed by atoms with E-state index in [-0.39, 0.29) is 27.7 Å². The van der Waals surface area contributed by atoms with Gasteiger partial charge in [-0.3, -0.25) is 0 Å². The highest BCUT2D eigenvalue weighted by Gasteiger charge is 2.73. The van der Waals surface area contributed by atoms with Crippen LogP contribution in [-0.4, -0.2) is 28.4 Å². The number of hydrogen-bond donors (Lipinski definition) is 2. The second kappa shape index (κ2) is 6.16. The maximum Gasteiger partial charge on any atom is 0.339 e. The summed E-state index contributed by atoms with van der Waals surface area (Å²) in [6.45, 7) is 7.57. The summed E-state index contributed by atoms with van der Waals surface area (Å²) in [6.07, 6.45) is 4.48. The van der Waals surface area contributed by atoms with Crippen LogP contribution in [0.1, 0.15) is 61.5 Å². The minimum Gasteiger partial charge on any atom is -0.507 e. The molecule has 2 N–H and O–H groups in total. The molecule has 5 heteroatoms. The molecule has 1 heterocycles. The average molecular weight is 408 g/mol. The van der Waals surface area contributed by atoms with Gasteiger partial charge in [-0.05, 0) is 61.3 Å². The number of carboxylic acids is 1. The van der Waals surface area contributed by atoms with Gasteiger partial charge in [-0.1, -0.05) is 26.0 Å². The molecule has 0 aromatic heterocycles. The van der Waals surface area contributed by atoms with E-state index in [2.05, 4.69) is 39.0 Å². The number of aromatic carboxylic acids is 1. The lowest BCUT2D eigenvalue weighted by Crippen LogP contribution is -2.54. The Morgan fingerprint density at radius 2 is 2.00 bits per heavy atom. The van der Waals surface area contributed by atoms with Crippen molar-refractivity contribution < 1.29 is 24.5 Å². The third-order valence-electron chi connectivity index (χ3n) is 8.48. The molecular formula is C25H28O5. The molecule has 5 rings (SSSR count). The molecule has 2 aromatic carbocycles. The van der Waals surface area contributed by atoms with E-state index in [0.29, 0.717) is 18.3 Å². The molecule has 2 bridgehead atoms. The number of phenols is 1. The van der Waals surface area contributed by atoms with E-state index in [1.165, 1.54) is 42.5 Å². The van der Waals surface area contributed by atoms with Crippen LogP contribution >= 0.6 is 0 Å². The molecule has 0 amide bonds. The van der Waals surface area contributed by atoms with Gasteiger partial charge in [-0.25, -0.2) is 4.79 Å². The molecule has 158 valence electrons. The fourth-order valence-electron chi connectivity index (χ4n) is 6.46. The number of aromatic hydroxyl groups is 1. The number of rotatable bonds is 5. The normalized spacial score (nSPS) is 33.1. The Morgan fingerprint density at radius 1 is 1.20 bits per heavy atom. The van der Waals surface area contributed by atoms with Crippen molar-refractivity contribution in [2.24, 2.45) is 11.3 Å². The van der Waals surface area contributed by atoms with Crippen LogP contribution in [-0.2, 0) is 11.8 Å². The molecule has 2 saturated carbocycles. The van der Waals surface area contributed by atoms with Gasteiger partial charge in [0.25, 0.3) is 0 Å². The van der Waals surface area contributed by atoms with E-state index in [1.54, 1.807) is 6.07 Å². The lowest BCUT2D eigenvalue weighted by Gasteiger charge is -2.48. The van der Waals surface area contributed by atoms with Crippen LogP contribution < -0.4 is 9.47 Å². The third kappa shape index (κ3) is 2.38. The molecule has 2 aromatic rings. The number of ether oxygens (including phenoxy) is 2. The highest BCUT2D eigenvalue weighted by molar-refractivity contribution is 5.90. The summed E-state index contributed by atoms with van der Waals surface area (Å²) in [5, 5.41) is 18.8. The van der Waals surface area contributed by atoms with Crippen molar-refractivity contribution >= 4 is 5.97 Å². The highest BCUT2D eigenvalue weighted by atomic mass is 16.5. The van der Waals surface area contributed by atoms with Crippen molar-refractivity contribution in [3.8, 4) is 17.2 Å². The molecule has 0 radical (unpaired) electrons. The Kier molecular flexibility index (Phi) is 3.96. The summed E-state index contributed by atoms with van der Waals surface area (Å²) in [5.74, 6) is 0.660. The van der Waals surface area contributed by atoms with Crippen LogP contribution in [0.25, 0.3) is 0 Å². The van der Waals surface area contributed by atoms with Gasteiger partial charge in [-0.2, -0.15) is 0 Å². The SMILES string of the molecule is CC12CCC(C1)C1(C)Oc3ccc(CCOc4ccc(C(=O)O)c(O)c4)cc3C21C. The van der Waals surface area contributed by atoms with Gasteiger partial charge in [0, 0.05) is 23.5 Å². The fourth-order valence-corrected chi connectivity index (χ4v) is 6.46. The molecule has 1 aliphatic heterocycles. The standard InChI is InChI=1S/C25H28O5/c1-23-10-8-16(14-23)25(3)24(23,2)19-12-15(4-7-21(19)30-25)9-11-29-17-5-6-18(22(27)28)20(26)13-17/h4-7,12-13,16,26H,8-11,14H2,1-3H3,(H,27,28). The topological polar surface area (TPSA) is 76.0 Å². The number of carboxylic acid groups (broad SMARTS) is 1. The maximum absolute atomic E-state index is 11.0. The van der Waals surface area contributed by atoms with Gasteiger partial charge in [0.05, 0.1) is 6.61 Å². The number of hydrogen-bond acceptors (Lipinski definition) is 4. The van der Waals surface area contributed by atoms with Crippen molar-refractivity contribution in [3.63, 3.8) is 0 Å². The molecule has 4 unspecified atom stereocenters. The van der Waals surface area contributed by atoms with Gasteiger partial charge in [-0.15, -0.1) is 0 Å². The number of fused-ring (bicyclic) bond motifs is 7. The van der Waals surface area contributed by atoms with Crippen LogP contribution in [0.3, 0.4) is 0 Å². The molecule has 30 heavy (non-hydrogen) atoms. The zero-order valence-electron chi connectivity index (χ0n) is 17.7. The summed E-state index contributed by atoms with van der Waals surface area (Å²) in [7, 11) is 0. The largest absolute Gasteiger partial charge is 0.507 e. The van der Waals surface area contributed by atoms with Crippen molar-refractivity contribution in [1.29, 1.82) is 0 Å². The predicted octanol–water partition coefficient (Wildman–Crippen LogP) is 4.94. The fraction of sp³-hybridized carbons (Fsp3) is 0.480. The van der Waals surface area contributed by atoms with Gasteiger partial charge < -0.3 is 19.7 Å². The van der Waals surface area contributed by atoms with E-state index < -0.39 is 5.97 Å². The first-order valence-electron chi connectivity index (χ1n) is 10.7. The van der Waals surface area contributed by atoms with Crippen molar-refractivity contribution in [1.82, 2.24) is 0 Å². The monoisotopic (exact) mass is 408 g/mol. The Hall–Kier alpha value is -2.69. The van der Waals surface area contributed by atoms with E-state index >= 15 is 0 Å². The first kappa shape index (κ1) is 19.3. The van der Waals surface area contributed by atoms with Crippen LogP contribution in [0, 0.1) is 11.3 Å². The summed E-state index contributed by atoms with van der Waals surface area (Å²) >= 11 is 0. The van der Waals surface area contributed by atoms with Gasteiger partial charge in [0.1, 0.15) is 28.4 Å². The van der Waals surface area contributed by atoms with E-state index in [0.717, 1.165) is 12.2 Å². The van der Waals surface area contributed by atoms with Gasteiger partial charge in [0.15, 0.2) is 0 Å². The van der Waals surface area contributed by atoms with Crippen LogP contribution in [0.15, 0.2) is 36.4 Å². The summed E-state index contributed by atoms with van der Waals surface area (Å²) in [6, 6.07) is 10.8. The molecule has 2 fully saturated rings. The Balaban J connectivity index is 1.33. The number of carbonyl (C=O) groups is 1. The van der Waals surface area contributed by atoms with Crippen molar-refractivity contribution in [3.05, 3.63) is 53.1 Å². The molecule has 4 atom stereocenters. The van der Waals surface area contributed by atoms with Gasteiger partial charge >= 0.3 is 5.97 Å². The van der Waals surface area contributed by atoms with Gasteiger partial charge in [0.2, 0.25) is 0 Å². The Bertz CT molecular complexity index is 1050. The molecule has 0 spiro atoms. The summed E-state index contributed by atoms with van der Waals surface area (Å²) in [5.41, 5.74) is 2.57. The van der Waals surface area contributed by atoms with Crippen molar-refractivity contribution in [2.75, 3.05) is 6.61 Å². The van der Waals surface area contributed by atoms with Crippen LogP contribution in [0.2, 0.25) is 0 Å². The molecule has 5 nitrogen and oxygen atoms in total. The number of benzene rings is 2. The van der Waals surface area contributed by atoms with E-state index in [4.69, 9.17) is 14.6 Å². The minimum atomic E-state index is -1.16. The Labute approximate surface area is 176 Å². The van der Waals surface area contributed by atoms with E-state index in [9.17, 15) is 9.90 Å². The first-order chi connectivity index (χ1) is 14.2. The lowest BCUT2D eigenvalue weighted by molar-refractivity contribution is -0.0260. The average Bonchev–Trinajstić information content (AvgIpc) is 3.26. The molecule has 3 aliphatic rings. The van der Waals surface area contributed by atoms with Crippen LogP contribution in [0.5, 0.6) is 17.2 Å². The smallest absolute Gasteiger partial charge is 0.339 e. The summed E-state index contributed by atoms with van der Waals surface area (Å²) < 4.78 is 12.3. The third-order valence-corrected chi connectivity index (χ3v) is 8.48. The zero-order chi connectivity index (χ0) is 21.3. The van der Waals surface area contributed by atoms with Crippen LogP contribution in [0.4, 0.5) is 0 Å². The second-order valence-corrected chi connectivity index (χ2v) is 9.75. The molecule has 0 saturated heterocycles.